The van der Waals surface area contributed by atoms with Crippen molar-refractivity contribution in [1.82, 2.24) is 14.8 Å². The van der Waals surface area contributed by atoms with Gasteiger partial charge in [0.05, 0.1) is 16.1 Å². The molecule has 164 valence electrons. The van der Waals surface area contributed by atoms with Crippen LogP contribution in [0.2, 0.25) is 0 Å². The molecule has 0 spiro atoms. The van der Waals surface area contributed by atoms with E-state index in [2.05, 4.69) is 10.2 Å². The fourth-order valence-electron chi connectivity index (χ4n) is 2.93. The van der Waals surface area contributed by atoms with Crippen molar-refractivity contribution in [1.29, 1.82) is 0 Å². The average Bonchev–Trinajstić information content (AvgIpc) is 3.06. The van der Waals surface area contributed by atoms with E-state index in [9.17, 15) is 36.5 Å². The van der Waals surface area contributed by atoms with Gasteiger partial charge in [-0.1, -0.05) is 6.07 Å². The molecule has 3 rings (SSSR count). The third-order valence-corrected chi connectivity index (χ3v) is 4.47. The van der Waals surface area contributed by atoms with Gasteiger partial charge in [0.1, 0.15) is 0 Å². The lowest BCUT2D eigenvalue weighted by molar-refractivity contribution is -0.385. The van der Waals surface area contributed by atoms with E-state index in [-0.39, 0.29) is 17.5 Å². The first-order chi connectivity index (χ1) is 14.3. The smallest absolute Gasteiger partial charge is 0.314 e. The van der Waals surface area contributed by atoms with Gasteiger partial charge in [0, 0.05) is 37.5 Å². The second-order valence-corrected chi connectivity index (χ2v) is 6.47. The molecule has 0 aliphatic heterocycles. The number of hydrogen-bond acceptors (Lipinski definition) is 5. The number of benzene rings is 2. The number of rotatable bonds is 4. The maximum atomic E-state index is 13.5. The molecule has 13 heteroatoms. The van der Waals surface area contributed by atoms with Crippen LogP contribution in [-0.4, -0.2) is 26.7 Å². The van der Waals surface area contributed by atoms with Gasteiger partial charge in [0.2, 0.25) is 5.95 Å². The molecule has 0 amide bonds. The number of halogens is 6. The Morgan fingerprint density at radius 1 is 1.00 bits per heavy atom. The lowest BCUT2D eigenvalue weighted by atomic mass is 10.1. The number of non-ortho nitro benzene ring substituents is 1. The molecule has 7 nitrogen and oxygen atoms in total. The maximum absolute atomic E-state index is 13.5. The maximum Gasteiger partial charge on any atom is 0.417 e. The van der Waals surface area contributed by atoms with Crippen LogP contribution in [0.1, 0.15) is 11.1 Å². The highest BCUT2D eigenvalue weighted by molar-refractivity contribution is 5.67. The Hall–Kier alpha value is -3.64. The lowest BCUT2D eigenvalue weighted by Gasteiger charge is -2.19. The van der Waals surface area contributed by atoms with E-state index in [1.54, 1.807) is 0 Å². The van der Waals surface area contributed by atoms with Gasteiger partial charge >= 0.3 is 12.4 Å². The summed E-state index contributed by atoms with van der Waals surface area (Å²) in [5.74, 6) is -0.308. The van der Waals surface area contributed by atoms with Crippen LogP contribution in [0.3, 0.4) is 0 Å². The molecule has 1 aromatic heterocycles. The van der Waals surface area contributed by atoms with Gasteiger partial charge in [-0.2, -0.15) is 26.3 Å². The quantitative estimate of drug-likeness (QED) is 0.314. The van der Waals surface area contributed by atoms with Crippen LogP contribution in [-0.2, 0) is 19.4 Å². The molecule has 0 N–H and O–H groups in total. The number of nitro groups is 1. The largest absolute Gasteiger partial charge is 0.417 e. The minimum absolute atomic E-state index is 0.0409. The first-order valence-corrected chi connectivity index (χ1v) is 8.47. The van der Waals surface area contributed by atoms with Crippen LogP contribution in [0.15, 0.2) is 42.5 Å². The van der Waals surface area contributed by atoms with E-state index in [1.807, 2.05) is 0 Å². The lowest BCUT2D eigenvalue weighted by Crippen LogP contribution is -2.16. The van der Waals surface area contributed by atoms with E-state index in [1.165, 1.54) is 31.1 Å². The number of hydrogen-bond donors (Lipinski definition) is 0. The normalized spacial score (nSPS) is 12.1. The van der Waals surface area contributed by atoms with E-state index in [0.717, 1.165) is 28.8 Å². The molecule has 2 aromatic carbocycles. The average molecular weight is 445 g/mol. The van der Waals surface area contributed by atoms with Crippen molar-refractivity contribution in [2.24, 2.45) is 7.05 Å². The van der Waals surface area contributed by atoms with Gasteiger partial charge in [-0.3, -0.25) is 14.7 Å². The van der Waals surface area contributed by atoms with Gasteiger partial charge in [0.25, 0.3) is 5.69 Å². The standard InChI is InChI=1S/C18H13F6N5O2/c1-27(11-5-3-4-10(8-11)17(19,20)21)16-26-25-15(28(16)2)13-7-6-12(29(30)31)9-14(13)18(22,23)24/h3-9H,1-2H3. The Morgan fingerprint density at radius 2 is 1.68 bits per heavy atom. The van der Waals surface area contributed by atoms with Crippen molar-refractivity contribution in [3.63, 3.8) is 0 Å². The highest BCUT2D eigenvalue weighted by Crippen LogP contribution is 2.39. The molecule has 0 unspecified atom stereocenters. The molecule has 1 heterocycles. The van der Waals surface area contributed by atoms with E-state index >= 15 is 0 Å². The molecule has 0 bridgehead atoms. The Kier molecular flexibility index (Phi) is 5.38. The predicted molar refractivity (Wildman–Crippen MR) is 97.6 cm³/mol. The molecule has 31 heavy (non-hydrogen) atoms. The monoisotopic (exact) mass is 445 g/mol. The summed E-state index contributed by atoms with van der Waals surface area (Å²) in [6.45, 7) is 0. The summed E-state index contributed by atoms with van der Waals surface area (Å²) in [6, 6.07) is 6.49. The zero-order valence-electron chi connectivity index (χ0n) is 15.9. The van der Waals surface area contributed by atoms with E-state index < -0.39 is 39.7 Å². The van der Waals surface area contributed by atoms with E-state index in [4.69, 9.17) is 0 Å². The van der Waals surface area contributed by atoms with Gasteiger partial charge in [0.15, 0.2) is 5.82 Å². The Labute approximate surface area is 170 Å². The molecule has 0 radical (unpaired) electrons. The molecular formula is C18H13F6N5O2. The first-order valence-electron chi connectivity index (χ1n) is 8.47. The third-order valence-electron chi connectivity index (χ3n) is 4.47. The second-order valence-electron chi connectivity index (χ2n) is 6.47. The van der Waals surface area contributed by atoms with Crippen molar-refractivity contribution in [2.45, 2.75) is 12.4 Å². The predicted octanol–water partition coefficient (Wildman–Crippen LogP) is 5.20. The molecule has 0 saturated heterocycles. The topological polar surface area (TPSA) is 77.1 Å². The van der Waals surface area contributed by atoms with Crippen LogP contribution in [0.25, 0.3) is 11.4 Å². The van der Waals surface area contributed by atoms with Crippen LogP contribution in [0.5, 0.6) is 0 Å². The van der Waals surface area contributed by atoms with Crippen molar-refractivity contribution in [3.8, 4) is 11.4 Å². The first kappa shape index (κ1) is 22.1. The summed E-state index contributed by atoms with van der Waals surface area (Å²) >= 11 is 0. The zero-order chi connectivity index (χ0) is 23.1. The number of aromatic nitrogens is 3. The number of nitrogens with zero attached hydrogens (tertiary/aromatic N) is 5. The van der Waals surface area contributed by atoms with Crippen molar-refractivity contribution >= 4 is 17.3 Å². The molecule has 0 aliphatic carbocycles. The van der Waals surface area contributed by atoms with Crippen molar-refractivity contribution in [3.05, 3.63) is 63.7 Å². The summed E-state index contributed by atoms with van der Waals surface area (Å²) in [6.07, 6.45) is -9.50. The van der Waals surface area contributed by atoms with Gasteiger partial charge in [-0.05, 0) is 24.3 Å². The van der Waals surface area contributed by atoms with Crippen LogP contribution in [0.4, 0.5) is 43.7 Å². The number of alkyl halides is 6. The highest BCUT2D eigenvalue weighted by atomic mass is 19.4. The summed E-state index contributed by atoms with van der Waals surface area (Å²) in [7, 11) is 2.71. The summed E-state index contributed by atoms with van der Waals surface area (Å²) in [4.78, 5) is 11.1. The summed E-state index contributed by atoms with van der Waals surface area (Å²) < 4.78 is 80.6. The number of nitro benzene ring substituents is 1. The minimum atomic E-state index is -4.92. The SMILES string of the molecule is CN(c1cccc(C(F)(F)F)c1)c1nnc(-c2ccc([N+](=O)[O-])cc2C(F)(F)F)n1C. The molecule has 0 fully saturated rings. The number of anilines is 2. The summed E-state index contributed by atoms with van der Waals surface area (Å²) in [5.41, 5.74) is -3.33. The molecule has 3 aromatic rings. The molecule has 0 atom stereocenters. The highest BCUT2D eigenvalue weighted by Gasteiger charge is 2.37. The fraction of sp³-hybridized carbons (Fsp3) is 0.222. The van der Waals surface area contributed by atoms with E-state index in [0.29, 0.717) is 6.07 Å². The zero-order valence-corrected chi connectivity index (χ0v) is 15.9. The van der Waals surface area contributed by atoms with Gasteiger partial charge < -0.3 is 4.90 Å². The minimum Gasteiger partial charge on any atom is -0.314 e. The Balaban J connectivity index is 2.08. The Morgan fingerprint density at radius 3 is 2.26 bits per heavy atom. The van der Waals surface area contributed by atoms with Crippen LogP contribution in [0, 0.1) is 10.1 Å². The van der Waals surface area contributed by atoms with Crippen LogP contribution >= 0.6 is 0 Å². The second kappa shape index (κ2) is 7.56. The van der Waals surface area contributed by atoms with Gasteiger partial charge in [-0.15, -0.1) is 10.2 Å². The van der Waals surface area contributed by atoms with Crippen molar-refractivity contribution in [2.75, 3.05) is 11.9 Å². The van der Waals surface area contributed by atoms with Crippen molar-refractivity contribution < 1.29 is 31.3 Å². The Bertz CT molecular complexity index is 1140. The molecule has 0 saturated carbocycles. The van der Waals surface area contributed by atoms with Crippen LogP contribution < -0.4 is 4.90 Å². The third kappa shape index (κ3) is 4.29. The summed E-state index contributed by atoms with van der Waals surface area (Å²) in [5, 5.41) is 18.4. The fourth-order valence-corrected chi connectivity index (χ4v) is 2.93. The molecular weight excluding hydrogens is 432 g/mol. The van der Waals surface area contributed by atoms with Gasteiger partial charge in [-0.25, -0.2) is 0 Å². The molecule has 0 aliphatic rings.